The Morgan fingerprint density at radius 3 is 2.59 bits per heavy atom. The van der Waals surface area contributed by atoms with Crippen molar-refractivity contribution in [2.75, 3.05) is 13.2 Å². The Hall–Kier alpha value is -3.35. The van der Waals surface area contributed by atoms with Crippen LogP contribution in [0.15, 0.2) is 47.4 Å². The summed E-state index contributed by atoms with van der Waals surface area (Å²) >= 11 is 0. The summed E-state index contributed by atoms with van der Waals surface area (Å²) in [5.41, 5.74) is 6.36. The molecule has 0 heterocycles. The second-order valence-electron chi connectivity index (χ2n) is 6.12. The molecular weight excluding hydrogens is 394 g/mol. The van der Waals surface area contributed by atoms with Crippen LogP contribution in [0.1, 0.15) is 21.5 Å². The van der Waals surface area contributed by atoms with Gasteiger partial charge in [0.05, 0.1) is 11.4 Å². The third-order valence-electron chi connectivity index (χ3n) is 3.79. The Morgan fingerprint density at radius 2 is 1.86 bits per heavy atom. The summed E-state index contributed by atoms with van der Waals surface area (Å²) in [5, 5.41) is 0. The second-order valence-corrected chi connectivity index (χ2v) is 7.88. The van der Waals surface area contributed by atoms with E-state index in [9.17, 15) is 18.0 Å². The first-order valence-corrected chi connectivity index (χ1v) is 10.0. The highest BCUT2D eigenvalue weighted by molar-refractivity contribution is 7.89. The molecule has 29 heavy (non-hydrogen) atoms. The fourth-order valence-corrected chi connectivity index (χ4v) is 3.25. The van der Waals surface area contributed by atoms with Crippen LogP contribution in [0.4, 0.5) is 0 Å². The summed E-state index contributed by atoms with van der Waals surface area (Å²) in [6.45, 7) is 3.29. The number of amides is 2. The SMILES string of the molecule is C#CCNS(=O)(=O)c1cccc(C(=O)NNC(=O)COc2cc(C)ccc2C)c1. The van der Waals surface area contributed by atoms with Crippen LogP contribution < -0.4 is 20.3 Å². The minimum absolute atomic E-state index is 0.0457. The average molecular weight is 415 g/mol. The molecule has 2 aromatic rings. The molecule has 0 aliphatic carbocycles. The minimum atomic E-state index is -3.84. The summed E-state index contributed by atoms with van der Waals surface area (Å²) in [5.74, 6) is 1.49. The molecule has 0 aliphatic heterocycles. The lowest BCUT2D eigenvalue weighted by Gasteiger charge is -2.11. The predicted octanol–water partition coefficient (Wildman–Crippen LogP) is 1.05. The summed E-state index contributed by atoms with van der Waals surface area (Å²) in [7, 11) is -3.84. The number of benzene rings is 2. The lowest BCUT2D eigenvalue weighted by atomic mass is 10.1. The van der Waals surface area contributed by atoms with E-state index in [-0.39, 0.29) is 23.6 Å². The topological polar surface area (TPSA) is 114 Å². The van der Waals surface area contributed by atoms with Gasteiger partial charge in [0.15, 0.2) is 6.61 Å². The van der Waals surface area contributed by atoms with Gasteiger partial charge in [-0.1, -0.05) is 24.1 Å². The molecule has 3 N–H and O–H groups in total. The Labute approximate surface area is 169 Å². The van der Waals surface area contributed by atoms with Crippen molar-refractivity contribution < 1.29 is 22.7 Å². The number of aryl methyl sites for hydroxylation is 2. The standard InChI is InChI=1S/C20H21N3O5S/c1-4-10-21-29(26,27)17-7-5-6-16(12-17)20(25)23-22-19(24)13-28-18-11-14(2)8-9-15(18)3/h1,5-9,11-12,21H,10,13H2,2-3H3,(H,22,24)(H,23,25). The first kappa shape index (κ1) is 21.9. The van der Waals surface area contributed by atoms with Gasteiger partial charge in [0, 0.05) is 5.56 Å². The van der Waals surface area contributed by atoms with Crippen LogP contribution in [0.5, 0.6) is 5.75 Å². The molecule has 0 radical (unpaired) electrons. The molecule has 0 aromatic heterocycles. The van der Waals surface area contributed by atoms with E-state index < -0.39 is 21.8 Å². The van der Waals surface area contributed by atoms with Gasteiger partial charge in [-0.3, -0.25) is 20.4 Å². The number of hydrogen-bond donors (Lipinski definition) is 3. The monoisotopic (exact) mass is 415 g/mol. The number of terminal acetylenes is 1. The first-order valence-electron chi connectivity index (χ1n) is 8.55. The van der Waals surface area contributed by atoms with Crippen molar-refractivity contribution in [2.45, 2.75) is 18.7 Å². The molecule has 9 heteroatoms. The third kappa shape index (κ3) is 6.34. The summed E-state index contributed by atoms with van der Waals surface area (Å²) in [4.78, 5) is 24.0. The Kier molecular flexibility index (Phi) is 7.36. The largest absolute Gasteiger partial charge is 0.483 e. The van der Waals surface area contributed by atoms with E-state index in [2.05, 4.69) is 21.5 Å². The lowest BCUT2D eigenvalue weighted by molar-refractivity contribution is -0.123. The van der Waals surface area contributed by atoms with Gasteiger partial charge in [0.2, 0.25) is 10.0 Å². The van der Waals surface area contributed by atoms with Gasteiger partial charge in [-0.05, 0) is 49.2 Å². The van der Waals surface area contributed by atoms with E-state index in [0.29, 0.717) is 5.75 Å². The highest BCUT2D eigenvalue weighted by Gasteiger charge is 2.16. The summed E-state index contributed by atoms with van der Waals surface area (Å²) in [6, 6.07) is 10.9. The maximum Gasteiger partial charge on any atom is 0.276 e. The molecule has 0 spiro atoms. The van der Waals surface area contributed by atoms with Crippen molar-refractivity contribution in [3.8, 4) is 18.1 Å². The van der Waals surface area contributed by atoms with Crippen LogP contribution in [0.2, 0.25) is 0 Å². The molecule has 8 nitrogen and oxygen atoms in total. The maximum absolute atomic E-state index is 12.2. The third-order valence-corrected chi connectivity index (χ3v) is 5.19. The zero-order valence-corrected chi connectivity index (χ0v) is 16.8. The van der Waals surface area contributed by atoms with E-state index in [1.165, 1.54) is 24.3 Å². The van der Waals surface area contributed by atoms with Gasteiger partial charge >= 0.3 is 0 Å². The average Bonchev–Trinajstić information content (AvgIpc) is 2.71. The predicted molar refractivity (Wildman–Crippen MR) is 107 cm³/mol. The van der Waals surface area contributed by atoms with Crippen LogP contribution in [-0.2, 0) is 14.8 Å². The van der Waals surface area contributed by atoms with Crippen LogP contribution >= 0.6 is 0 Å². The van der Waals surface area contributed by atoms with E-state index in [0.717, 1.165) is 11.1 Å². The van der Waals surface area contributed by atoms with Crippen LogP contribution in [0.3, 0.4) is 0 Å². The highest BCUT2D eigenvalue weighted by Crippen LogP contribution is 2.18. The van der Waals surface area contributed by atoms with Gasteiger partial charge in [-0.15, -0.1) is 6.42 Å². The summed E-state index contributed by atoms with van der Waals surface area (Å²) in [6.07, 6.45) is 5.05. The number of hydrogen-bond acceptors (Lipinski definition) is 5. The first-order chi connectivity index (χ1) is 13.7. The number of carbonyl (C=O) groups is 2. The maximum atomic E-state index is 12.2. The zero-order chi connectivity index (χ0) is 21.4. The van der Waals surface area contributed by atoms with Gasteiger partial charge in [0.1, 0.15) is 5.75 Å². The number of nitrogens with one attached hydrogen (secondary N) is 3. The summed E-state index contributed by atoms with van der Waals surface area (Å²) < 4.78 is 31.8. The smallest absolute Gasteiger partial charge is 0.276 e. The van der Waals surface area contributed by atoms with Crippen molar-refractivity contribution in [2.24, 2.45) is 0 Å². The minimum Gasteiger partial charge on any atom is -0.483 e. The molecule has 2 amide bonds. The second kappa shape index (κ2) is 9.73. The van der Waals surface area contributed by atoms with Crippen LogP contribution in [0.25, 0.3) is 0 Å². The van der Waals surface area contributed by atoms with E-state index in [1.54, 1.807) is 6.07 Å². The fourth-order valence-electron chi connectivity index (χ4n) is 2.27. The molecule has 0 aliphatic rings. The number of carbonyl (C=O) groups excluding carboxylic acids is 2. The Morgan fingerprint density at radius 1 is 1.10 bits per heavy atom. The highest BCUT2D eigenvalue weighted by atomic mass is 32.2. The molecule has 152 valence electrons. The molecular formula is C20H21N3O5S. The van der Waals surface area contributed by atoms with E-state index in [4.69, 9.17) is 11.2 Å². The Bertz CT molecular complexity index is 1060. The van der Waals surface area contributed by atoms with Crippen molar-refractivity contribution in [1.82, 2.24) is 15.6 Å². The van der Waals surface area contributed by atoms with E-state index in [1.807, 2.05) is 26.0 Å². The number of hydrazine groups is 1. The van der Waals surface area contributed by atoms with Crippen molar-refractivity contribution in [3.63, 3.8) is 0 Å². The number of sulfonamides is 1. The molecule has 0 atom stereocenters. The number of rotatable bonds is 7. The molecule has 2 rings (SSSR count). The fraction of sp³-hybridized carbons (Fsp3) is 0.200. The van der Waals surface area contributed by atoms with Crippen molar-refractivity contribution >= 4 is 21.8 Å². The van der Waals surface area contributed by atoms with Crippen LogP contribution in [-0.4, -0.2) is 33.4 Å². The van der Waals surface area contributed by atoms with Crippen molar-refractivity contribution in [1.29, 1.82) is 0 Å². The molecule has 0 saturated heterocycles. The van der Waals surface area contributed by atoms with Crippen LogP contribution in [0, 0.1) is 26.2 Å². The van der Waals surface area contributed by atoms with Gasteiger partial charge in [-0.2, -0.15) is 4.72 Å². The van der Waals surface area contributed by atoms with Gasteiger partial charge in [-0.25, -0.2) is 8.42 Å². The van der Waals surface area contributed by atoms with Crippen molar-refractivity contribution in [3.05, 3.63) is 59.2 Å². The quantitative estimate of drug-likeness (QED) is 0.462. The molecule has 0 unspecified atom stereocenters. The zero-order valence-electron chi connectivity index (χ0n) is 16.0. The molecule has 2 aromatic carbocycles. The molecule has 0 fully saturated rings. The lowest BCUT2D eigenvalue weighted by Crippen LogP contribution is -2.43. The number of ether oxygens (including phenoxy) is 1. The van der Waals surface area contributed by atoms with E-state index >= 15 is 0 Å². The van der Waals surface area contributed by atoms with Gasteiger partial charge in [0.25, 0.3) is 11.8 Å². The molecule has 0 saturated carbocycles. The Balaban J connectivity index is 1.93. The van der Waals surface area contributed by atoms with Gasteiger partial charge < -0.3 is 4.74 Å². The molecule has 0 bridgehead atoms. The normalized spacial score (nSPS) is 10.7.